The molecule has 0 aliphatic heterocycles. The highest BCUT2D eigenvalue weighted by molar-refractivity contribution is 7.13. The molecule has 0 amide bonds. The largest absolute Gasteiger partial charge is 0.481 e. The van der Waals surface area contributed by atoms with Crippen molar-refractivity contribution in [1.82, 2.24) is 14.5 Å². The van der Waals surface area contributed by atoms with Gasteiger partial charge in [0.2, 0.25) is 0 Å². The van der Waals surface area contributed by atoms with E-state index in [9.17, 15) is 4.79 Å². The van der Waals surface area contributed by atoms with Crippen molar-refractivity contribution in [3.63, 3.8) is 0 Å². The molecule has 0 aliphatic rings. The van der Waals surface area contributed by atoms with Crippen LogP contribution in [0.25, 0.3) is 0 Å². The number of carboxylic acids is 1. The Morgan fingerprint density at radius 3 is 3.00 bits per heavy atom. The number of anilines is 1. The van der Waals surface area contributed by atoms with Gasteiger partial charge < -0.3 is 15.0 Å². The third-order valence-electron chi connectivity index (χ3n) is 2.88. The van der Waals surface area contributed by atoms with Crippen molar-refractivity contribution in [1.29, 1.82) is 0 Å². The normalized spacial score (nSPS) is 11.5. The highest BCUT2D eigenvalue weighted by Gasteiger charge is 2.32. The predicted octanol–water partition coefficient (Wildman–Crippen LogP) is 1.81. The molecule has 6 nitrogen and oxygen atoms in total. The minimum Gasteiger partial charge on any atom is -0.481 e. The van der Waals surface area contributed by atoms with Crippen molar-refractivity contribution >= 4 is 22.4 Å². The molecule has 2 aromatic heterocycles. The van der Waals surface area contributed by atoms with Gasteiger partial charge in [0.25, 0.3) is 0 Å². The second-order valence-corrected chi connectivity index (χ2v) is 5.55. The van der Waals surface area contributed by atoms with E-state index in [4.69, 9.17) is 5.11 Å². The number of aliphatic carboxylic acids is 1. The van der Waals surface area contributed by atoms with E-state index in [0.717, 1.165) is 18.2 Å². The minimum atomic E-state index is -0.958. The molecule has 102 valence electrons. The molecule has 2 heterocycles. The molecule has 0 spiro atoms. The van der Waals surface area contributed by atoms with E-state index in [0.29, 0.717) is 5.69 Å². The molecule has 0 saturated heterocycles. The number of rotatable bonds is 6. The van der Waals surface area contributed by atoms with Crippen molar-refractivity contribution in [3.8, 4) is 0 Å². The standard InChI is InChI=1S/C12H16N4O2S/c1-12(2,10(17)18)9-7-19-11(15-9)14-4-6-16-5-3-13-8-16/h3,5,7-8H,4,6H2,1-2H3,(H,14,15)(H,17,18). The third kappa shape index (κ3) is 3.11. The second kappa shape index (κ2) is 5.40. The van der Waals surface area contributed by atoms with Gasteiger partial charge in [-0.2, -0.15) is 0 Å². The number of hydrogen-bond donors (Lipinski definition) is 2. The first-order valence-corrected chi connectivity index (χ1v) is 6.77. The Morgan fingerprint density at radius 1 is 1.58 bits per heavy atom. The van der Waals surface area contributed by atoms with Gasteiger partial charge in [0.15, 0.2) is 5.13 Å². The van der Waals surface area contributed by atoms with Crippen LogP contribution < -0.4 is 5.32 Å². The SMILES string of the molecule is CC(C)(C(=O)O)c1csc(NCCn2ccnc2)n1. The average molecular weight is 280 g/mol. The van der Waals surface area contributed by atoms with E-state index in [1.807, 2.05) is 10.8 Å². The fraction of sp³-hybridized carbons (Fsp3) is 0.417. The summed E-state index contributed by atoms with van der Waals surface area (Å²) in [5.74, 6) is -0.872. The van der Waals surface area contributed by atoms with Crippen LogP contribution in [0.5, 0.6) is 0 Å². The van der Waals surface area contributed by atoms with E-state index in [1.165, 1.54) is 11.3 Å². The van der Waals surface area contributed by atoms with Crippen molar-refractivity contribution in [3.05, 3.63) is 29.8 Å². The molecule has 0 fully saturated rings. The Bertz CT molecular complexity index is 548. The highest BCUT2D eigenvalue weighted by Crippen LogP contribution is 2.27. The number of thiazole rings is 1. The summed E-state index contributed by atoms with van der Waals surface area (Å²) in [6.45, 7) is 4.81. The topological polar surface area (TPSA) is 80.0 Å². The lowest BCUT2D eigenvalue weighted by Crippen LogP contribution is -2.28. The van der Waals surface area contributed by atoms with Crippen LogP contribution in [0.3, 0.4) is 0 Å². The maximum atomic E-state index is 11.1. The minimum absolute atomic E-state index is 0.579. The molecular weight excluding hydrogens is 264 g/mol. The average Bonchev–Trinajstić information content (AvgIpc) is 2.99. The number of nitrogens with zero attached hydrogens (tertiary/aromatic N) is 3. The Balaban J connectivity index is 1.92. The smallest absolute Gasteiger partial charge is 0.315 e. The van der Waals surface area contributed by atoms with Crippen molar-refractivity contribution in [2.75, 3.05) is 11.9 Å². The summed E-state index contributed by atoms with van der Waals surface area (Å²) in [6.07, 6.45) is 5.38. The summed E-state index contributed by atoms with van der Waals surface area (Å²) in [5, 5.41) is 14.8. The molecular formula is C12H16N4O2S. The zero-order chi connectivity index (χ0) is 13.9. The molecule has 0 atom stereocenters. The summed E-state index contributed by atoms with van der Waals surface area (Å²) in [6, 6.07) is 0. The number of carbonyl (C=O) groups is 1. The lowest BCUT2D eigenvalue weighted by molar-refractivity contribution is -0.142. The Hall–Kier alpha value is -1.89. The summed E-state index contributed by atoms with van der Waals surface area (Å²) in [4.78, 5) is 19.4. The van der Waals surface area contributed by atoms with Gasteiger partial charge in [-0.05, 0) is 13.8 Å². The summed E-state index contributed by atoms with van der Waals surface area (Å²) < 4.78 is 1.96. The number of hydrogen-bond acceptors (Lipinski definition) is 5. The van der Waals surface area contributed by atoms with Crippen LogP contribution in [-0.4, -0.2) is 32.2 Å². The van der Waals surface area contributed by atoms with Crippen LogP contribution in [0, 0.1) is 0 Å². The molecule has 0 aliphatic carbocycles. The first kappa shape index (κ1) is 13.5. The molecule has 7 heteroatoms. The third-order valence-corrected chi connectivity index (χ3v) is 3.68. The fourth-order valence-corrected chi connectivity index (χ4v) is 2.37. The van der Waals surface area contributed by atoms with E-state index >= 15 is 0 Å². The second-order valence-electron chi connectivity index (χ2n) is 4.70. The van der Waals surface area contributed by atoms with Crippen LogP contribution in [0.2, 0.25) is 0 Å². The zero-order valence-corrected chi connectivity index (χ0v) is 11.6. The van der Waals surface area contributed by atoms with Gasteiger partial charge >= 0.3 is 5.97 Å². The van der Waals surface area contributed by atoms with Gasteiger partial charge in [0.05, 0.1) is 12.0 Å². The Labute approximate surface area is 115 Å². The predicted molar refractivity (Wildman–Crippen MR) is 73.5 cm³/mol. The van der Waals surface area contributed by atoms with Crippen molar-refractivity contribution in [2.24, 2.45) is 0 Å². The number of imidazole rings is 1. The van der Waals surface area contributed by atoms with Crippen LogP contribution in [0.1, 0.15) is 19.5 Å². The van der Waals surface area contributed by atoms with Gasteiger partial charge in [0.1, 0.15) is 5.41 Å². The molecule has 0 unspecified atom stereocenters. The van der Waals surface area contributed by atoms with Gasteiger partial charge in [-0.15, -0.1) is 11.3 Å². The number of aromatic nitrogens is 3. The lowest BCUT2D eigenvalue weighted by atomic mass is 9.90. The molecule has 0 radical (unpaired) electrons. The zero-order valence-electron chi connectivity index (χ0n) is 10.8. The molecule has 2 N–H and O–H groups in total. The van der Waals surface area contributed by atoms with Crippen molar-refractivity contribution in [2.45, 2.75) is 25.8 Å². The molecule has 19 heavy (non-hydrogen) atoms. The number of nitrogens with one attached hydrogen (secondary N) is 1. The van der Waals surface area contributed by atoms with Crippen LogP contribution in [-0.2, 0) is 16.8 Å². The lowest BCUT2D eigenvalue weighted by Gasteiger charge is -2.15. The summed E-state index contributed by atoms with van der Waals surface area (Å²) in [7, 11) is 0. The first-order valence-electron chi connectivity index (χ1n) is 5.89. The molecule has 2 aromatic rings. The maximum Gasteiger partial charge on any atom is 0.315 e. The number of carboxylic acid groups (broad SMARTS) is 1. The van der Waals surface area contributed by atoms with Gasteiger partial charge in [-0.3, -0.25) is 4.79 Å². The van der Waals surface area contributed by atoms with E-state index in [-0.39, 0.29) is 0 Å². The van der Waals surface area contributed by atoms with E-state index < -0.39 is 11.4 Å². The van der Waals surface area contributed by atoms with Gasteiger partial charge in [0, 0.05) is 30.9 Å². The molecule has 2 rings (SSSR count). The maximum absolute atomic E-state index is 11.1. The fourth-order valence-electron chi connectivity index (χ4n) is 1.46. The molecule has 0 saturated carbocycles. The first-order chi connectivity index (χ1) is 9.00. The van der Waals surface area contributed by atoms with Crippen LogP contribution in [0.4, 0.5) is 5.13 Å². The Kier molecular flexibility index (Phi) is 3.84. The highest BCUT2D eigenvalue weighted by atomic mass is 32.1. The van der Waals surface area contributed by atoms with Gasteiger partial charge in [-0.1, -0.05) is 0 Å². The van der Waals surface area contributed by atoms with Gasteiger partial charge in [-0.25, -0.2) is 9.97 Å². The van der Waals surface area contributed by atoms with Crippen molar-refractivity contribution < 1.29 is 9.90 Å². The van der Waals surface area contributed by atoms with E-state index in [2.05, 4.69) is 15.3 Å². The molecule has 0 aromatic carbocycles. The quantitative estimate of drug-likeness (QED) is 0.843. The molecule has 0 bridgehead atoms. The Morgan fingerprint density at radius 2 is 2.37 bits per heavy atom. The van der Waals surface area contributed by atoms with E-state index in [1.54, 1.807) is 31.8 Å². The summed E-state index contributed by atoms with van der Waals surface area (Å²) in [5.41, 5.74) is -0.379. The van der Waals surface area contributed by atoms with Crippen LogP contribution >= 0.6 is 11.3 Å². The van der Waals surface area contributed by atoms with Crippen LogP contribution in [0.15, 0.2) is 24.1 Å². The monoisotopic (exact) mass is 280 g/mol. The summed E-state index contributed by atoms with van der Waals surface area (Å²) >= 11 is 1.42.